The average molecular weight is 369 g/mol. The first kappa shape index (κ1) is 18.4. The van der Waals surface area contributed by atoms with Gasteiger partial charge < -0.3 is 14.8 Å². The highest BCUT2D eigenvalue weighted by molar-refractivity contribution is 7.09. The molecule has 3 rings (SSSR count). The number of hydrogen-bond donors (Lipinski definition) is 1. The van der Waals surface area contributed by atoms with E-state index >= 15 is 0 Å². The fraction of sp³-hybridized carbons (Fsp3) is 0.286. The zero-order valence-corrected chi connectivity index (χ0v) is 16.2. The molecule has 0 aliphatic rings. The SMILES string of the molecule is COc1ccc(CNC(C)c2nc(C)cs2)cc1OCc1ccccc1. The molecule has 3 aromatic rings. The lowest BCUT2D eigenvalue weighted by molar-refractivity contribution is 0.284. The van der Waals surface area contributed by atoms with Crippen molar-refractivity contribution in [2.45, 2.75) is 33.0 Å². The van der Waals surface area contributed by atoms with E-state index in [0.29, 0.717) is 6.61 Å². The van der Waals surface area contributed by atoms with E-state index in [-0.39, 0.29) is 6.04 Å². The number of nitrogens with one attached hydrogen (secondary N) is 1. The highest BCUT2D eigenvalue weighted by atomic mass is 32.1. The van der Waals surface area contributed by atoms with Crippen LogP contribution in [0.2, 0.25) is 0 Å². The first-order chi connectivity index (χ1) is 12.7. The number of hydrogen-bond acceptors (Lipinski definition) is 5. The second kappa shape index (κ2) is 8.83. The summed E-state index contributed by atoms with van der Waals surface area (Å²) in [6.07, 6.45) is 0. The monoisotopic (exact) mass is 368 g/mol. The Morgan fingerprint density at radius 1 is 1.08 bits per heavy atom. The van der Waals surface area contributed by atoms with Gasteiger partial charge in [-0.2, -0.15) is 0 Å². The Kier molecular flexibility index (Phi) is 6.26. The summed E-state index contributed by atoms with van der Waals surface area (Å²) in [6, 6.07) is 16.4. The predicted octanol–water partition coefficient (Wildman–Crippen LogP) is 4.89. The van der Waals surface area contributed by atoms with Crippen LogP contribution in [0.15, 0.2) is 53.9 Å². The summed E-state index contributed by atoms with van der Waals surface area (Å²) in [7, 11) is 1.66. The molecule has 1 N–H and O–H groups in total. The molecule has 0 amide bonds. The number of nitrogens with zero attached hydrogens (tertiary/aromatic N) is 1. The van der Waals surface area contributed by atoms with Crippen LogP contribution in [0.3, 0.4) is 0 Å². The number of rotatable bonds is 8. The van der Waals surface area contributed by atoms with E-state index in [1.807, 2.05) is 37.3 Å². The molecule has 5 heteroatoms. The van der Waals surface area contributed by atoms with Gasteiger partial charge in [-0.1, -0.05) is 36.4 Å². The van der Waals surface area contributed by atoms with Crippen LogP contribution in [0, 0.1) is 6.92 Å². The maximum Gasteiger partial charge on any atom is 0.161 e. The molecule has 0 aliphatic heterocycles. The highest BCUT2D eigenvalue weighted by Gasteiger charge is 2.11. The molecule has 0 fully saturated rings. The van der Waals surface area contributed by atoms with Crippen molar-refractivity contribution in [1.29, 1.82) is 0 Å². The van der Waals surface area contributed by atoms with Gasteiger partial charge in [0.05, 0.1) is 13.2 Å². The topological polar surface area (TPSA) is 43.4 Å². The second-order valence-electron chi connectivity index (χ2n) is 6.19. The van der Waals surface area contributed by atoms with Crippen molar-refractivity contribution in [3.8, 4) is 11.5 Å². The molecule has 0 saturated heterocycles. The standard InChI is InChI=1S/C21H24N2O2S/c1-15-14-26-21(23-15)16(2)22-12-18-9-10-19(24-3)20(11-18)25-13-17-7-5-4-6-8-17/h4-11,14,16,22H,12-13H2,1-3H3. The molecular formula is C21H24N2O2S. The van der Waals surface area contributed by atoms with E-state index < -0.39 is 0 Å². The highest BCUT2D eigenvalue weighted by Crippen LogP contribution is 2.29. The van der Waals surface area contributed by atoms with E-state index in [2.05, 4.69) is 40.8 Å². The van der Waals surface area contributed by atoms with E-state index in [9.17, 15) is 0 Å². The molecule has 1 heterocycles. The lowest BCUT2D eigenvalue weighted by Gasteiger charge is -2.14. The summed E-state index contributed by atoms with van der Waals surface area (Å²) in [5.74, 6) is 1.50. The van der Waals surface area contributed by atoms with Crippen LogP contribution in [0.25, 0.3) is 0 Å². The third-order valence-corrected chi connectivity index (χ3v) is 5.23. The molecule has 4 nitrogen and oxygen atoms in total. The fourth-order valence-electron chi connectivity index (χ4n) is 2.61. The van der Waals surface area contributed by atoms with Gasteiger partial charge in [0.1, 0.15) is 11.6 Å². The Bertz CT molecular complexity index is 833. The summed E-state index contributed by atoms with van der Waals surface area (Å²) in [5, 5.41) is 6.71. The number of ether oxygens (including phenoxy) is 2. The zero-order valence-electron chi connectivity index (χ0n) is 15.4. The van der Waals surface area contributed by atoms with Gasteiger partial charge in [-0.3, -0.25) is 0 Å². The Balaban J connectivity index is 1.64. The molecule has 0 aliphatic carbocycles. The lowest BCUT2D eigenvalue weighted by Crippen LogP contribution is -2.18. The van der Waals surface area contributed by atoms with Gasteiger partial charge in [0.15, 0.2) is 11.5 Å². The first-order valence-electron chi connectivity index (χ1n) is 8.64. The van der Waals surface area contributed by atoms with Gasteiger partial charge in [-0.15, -0.1) is 11.3 Å². The number of aromatic nitrogens is 1. The minimum atomic E-state index is 0.212. The van der Waals surface area contributed by atoms with Gasteiger partial charge in [-0.25, -0.2) is 4.98 Å². The number of thiazole rings is 1. The average Bonchev–Trinajstić information content (AvgIpc) is 3.12. The maximum absolute atomic E-state index is 5.99. The third-order valence-electron chi connectivity index (χ3n) is 4.08. The molecule has 0 spiro atoms. The van der Waals surface area contributed by atoms with Crippen LogP contribution in [0.1, 0.15) is 34.8 Å². The molecule has 1 aromatic heterocycles. The number of aryl methyl sites for hydroxylation is 1. The van der Waals surface area contributed by atoms with Gasteiger partial charge in [0, 0.05) is 17.6 Å². The van der Waals surface area contributed by atoms with Crippen LogP contribution >= 0.6 is 11.3 Å². The second-order valence-corrected chi connectivity index (χ2v) is 7.08. The van der Waals surface area contributed by atoms with Crippen molar-refractivity contribution in [2.75, 3.05) is 7.11 Å². The van der Waals surface area contributed by atoms with Gasteiger partial charge >= 0.3 is 0 Å². The number of benzene rings is 2. The summed E-state index contributed by atoms with van der Waals surface area (Å²) in [6.45, 7) is 5.41. The van der Waals surface area contributed by atoms with Crippen LogP contribution in [-0.4, -0.2) is 12.1 Å². The summed E-state index contributed by atoms with van der Waals surface area (Å²) in [4.78, 5) is 4.54. The van der Waals surface area contributed by atoms with Crippen LogP contribution in [-0.2, 0) is 13.2 Å². The van der Waals surface area contributed by atoms with Gasteiger partial charge in [-0.05, 0) is 37.1 Å². The Morgan fingerprint density at radius 2 is 1.88 bits per heavy atom. The lowest BCUT2D eigenvalue weighted by atomic mass is 10.2. The Hall–Kier alpha value is -2.37. The molecule has 0 saturated carbocycles. The molecule has 26 heavy (non-hydrogen) atoms. The fourth-order valence-corrected chi connectivity index (χ4v) is 3.44. The van der Waals surface area contributed by atoms with Gasteiger partial charge in [0.2, 0.25) is 0 Å². The Labute approximate surface area is 158 Å². The molecule has 2 aromatic carbocycles. The third kappa shape index (κ3) is 4.84. The van der Waals surface area contributed by atoms with E-state index in [1.54, 1.807) is 18.4 Å². The predicted molar refractivity (Wildman–Crippen MR) is 106 cm³/mol. The largest absolute Gasteiger partial charge is 0.493 e. The van der Waals surface area contributed by atoms with E-state index in [1.165, 1.54) is 0 Å². The molecule has 0 radical (unpaired) electrons. The van der Waals surface area contributed by atoms with Crippen molar-refractivity contribution in [3.05, 3.63) is 75.7 Å². The van der Waals surface area contributed by atoms with Crippen LogP contribution < -0.4 is 14.8 Å². The summed E-state index contributed by atoms with van der Waals surface area (Å²) < 4.78 is 11.4. The van der Waals surface area contributed by atoms with Crippen molar-refractivity contribution >= 4 is 11.3 Å². The summed E-state index contributed by atoms with van der Waals surface area (Å²) >= 11 is 1.69. The normalized spacial score (nSPS) is 12.0. The van der Waals surface area contributed by atoms with Crippen molar-refractivity contribution in [3.63, 3.8) is 0 Å². The first-order valence-corrected chi connectivity index (χ1v) is 9.52. The van der Waals surface area contributed by atoms with Crippen LogP contribution in [0.4, 0.5) is 0 Å². The maximum atomic E-state index is 5.99. The van der Waals surface area contributed by atoms with Crippen molar-refractivity contribution in [2.24, 2.45) is 0 Å². The van der Waals surface area contributed by atoms with Crippen LogP contribution in [0.5, 0.6) is 11.5 Å². The van der Waals surface area contributed by atoms with Crippen molar-refractivity contribution in [1.82, 2.24) is 10.3 Å². The van der Waals surface area contributed by atoms with E-state index in [0.717, 1.165) is 39.9 Å². The molecular weight excluding hydrogens is 344 g/mol. The zero-order chi connectivity index (χ0) is 18.4. The van der Waals surface area contributed by atoms with E-state index in [4.69, 9.17) is 9.47 Å². The quantitative estimate of drug-likeness (QED) is 0.615. The van der Waals surface area contributed by atoms with Gasteiger partial charge in [0.25, 0.3) is 0 Å². The molecule has 1 atom stereocenters. The van der Waals surface area contributed by atoms with Crippen molar-refractivity contribution < 1.29 is 9.47 Å². The molecule has 1 unspecified atom stereocenters. The molecule has 0 bridgehead atoms. The Morgan fingerprint density at radius 3 is 2.58 bits per heavy atom. The number of methoxy groups -OCH3 is 1. The summed E-state index contributed by atoms with van der Waals surface area (Å²) in [5.41, 5.74) is 3.35. The smallest absolute Gasteiger partial charge is 0.161 e. The minimum Gasteiger partial charge on any atom is -0.493 e. The molecule has 136 valence electrons. The minimum absolute atomic E-state index is 0.212.